The third kappa shape index (κ3) is 3.88. The smallest absolute Gasteiger partial charge is 0.145 e. The van der Waals surface area contributed by atoms with E-state index >= 15 is 0 Å². The van der Waals surface area contributed by atoms with E-state index in [2.05, 4.69) is 31.2 Å². The van der Waals surface area contributed by atoms with Crippen molar-refractivity contribution in [3.8, 4) is 0 Å². The van der Waals surface area contributed by atoms with Gasteiger partial charge >= 0.3 is 0 Å². The van der Waals surface area contributed by atoms with Gasteiger partial charge < -0.3 is 0 Å². The molecule has 2 rings (SSSR count). The zero-order valence-electron chi connectivity index (χ0n) is 10.4. The van der Waals surface area contributed by atoms with E-state index in [9.17, 15) is 4.79 Å². The maximum Gasteiger partial charge on any atom is 0.145 e. The molecule has 92 valence electrons. The van der Waals surface area contributed by atoms with Crippen LogP contribution in [0.15, 0.2) is 24.3 Å². The average Bonchev–Trinajstić information content (AvgIpc) is 2.82. The molecule has 0 unspecified atom stereocenters. The van der Waals surface area contributed by atoms with Crippen LogP contribution in [0.1, 0.15) is 36.8 Å². The first kappa shape index (κ1) is 12.7. The highest BCUT2D eigenvalue weighted by Crippen LogP contribution is 2.27. The number of carbonyl (C=O) groups excluding carboxylic acids is 1. The van der Waals surface area contributed by atoms with Crippen LogP contribution in [0, 0.1) is 12.8 Å². The number of rotatable bonds is 5. The summed E-state index contributed by atoms with van der Waals surface area (Å²) in [6, 6.07) is 8.54. The minimum Gasteiger partial charge on any atom is -0.298 e. The van der Waals surface area contributed by atoms with E-state index in [1.807, 2.05) is 0 Å². The average molecular weight is 248 g/mol. The molecular formula is C15H20OS. The fourth-order valence-corrected chi connectivity index (χ4v) is 3.39. The molecule has 0 atom stereocenters. The molecule has 1 saturated carbocycles. The van der Waals surface area contributed by atoms with Crippen molar-refractivity contribution < 1.29 is 4.79 Å². The summed E-state index contributed by atoms with van der Waals surface area (Å²) in [5.74, 6) is 2.50. The predicted molar refractivity (Wildman–Crippen MR) is 74.3 cm³/mol. The van der Waals surface area contributed by atoms with E-state index in [1.165, 1.54) is 24.0 Å². The molecule has 0 bridgehead atoms. The highest BCUT2D eigenvalue weighted by Gasteiger charge is 2.21. The number of hydrogen-bond donors (Lipinski definition) is 0. The van der Waals surface area contributed by atoms with Gasteiger partial charge in [0.1, 0.15) is 5.78 Å². The van der Waals surface area contributed by atoms with Gasteiger partial charge in [0.05, 0.1) is 5.75 Å². The van der Waals surface area contributed by atoms with Crippen LogP contribution in [0.25, 0.3) is 0 Å². The highest BCUT2D eigenvalue weighted by molar-refractivity contribution is 7.99. The first-order valence-corrected chi connectivity index (χ1v) is 7.57. The molecule has 0 radical (unpaired) electrons. The van der Waals surface area contributed by atoms with Crippen LogP contribution in [0.4, 0.5) is 0 Å². The monoisotopic (exact) mass is 248 g/mol. The Morgan fingerprint density at radius 2 is 2.12 bits per heavy atom. The minimum absolute atomic E-state index is 0.375. The molecule has 0 amide bonds. The lowest BCUT2D eigenvalue weighted by molar-refractivity contribution is -0.120. The SMILES string of the molecule is Cc1cccc(CSCC(=O)C2CCCC2)c1. The number of benzene rings is 1. The number of thioether (sulfide) groups is 1. The van der Waals surface area contributed by atoms with Crippen molar-refractivity contribution in [3.05, 3.63) is 35.4 Å². The summed E-state index contributed by atoms with van der Waals surface area (Å²) >= 11 is 1.76. The molecule has 2 heteroatoms. The van der Waals surface area contributed by atoms with Crippen LogP contribution in [-0.4, -0.2) is 11.5 Å². The molecular weight excluding hydrogens is 228 g/mol. The molecule has 1 aromatic rings. The topological polar surface area (TPSA) is 17.1 Å². The zero-order valence-corrected chi connectivity index (χ0v) is 11.3. The van der Waals surface area contributed by atoms with Crippen molar-refractivity contribution in [2.45, 2.75) is 38.4 Å². The predicted octanol–water partition coefficient (Wildman–Crippen LogP) is 3.99. The lowest BCUT2D eigenvalue weighted by Gasteiger charge is -2.07. The summed E-state index contributed by atoms with van der Waals surface area (Å²) in [6.45, 7) is 2.11. The Morgan fingerprint density at radius 3 is 2.82 bits per heavy atom. The summed E-state index contributed by atoms with van der Waals surface area (Å²) in [5.41, 5.74) is 2.62. The zero-order chi connectivity index (χ0) is 12.1. The Hall–Kier alpha value is -0.760. The van der Waals surface area contributed by atoms with E-state index in [0.717, 1.165) is 18.6 Å². The van der Waals surface area contributed by atoms with Gasteiger partial charge in [-0.2, -0.15) is 0 Å². The molecule has 17 heavy (non-hydrogen) atoms. The summed E-state index contributed by atoms with van der Waals surface area (Å²) in [4.78, 5) is 11.9. The van der Waals surface area contributed by atoms with Crippen LogP contribution in [0.2, 0.25) is 0 Å². The second kappa shape index (κ2) is 6.25. The molecule has 1 nitrogen and oxygen atoms in total. The van der Waals surface area contributed by atoms with E-state index in [-0.39, 0.29) is 0 Å². The van der Waals surface area contributed by atoms with Gasteiger partial charge in [-0.25, -0.2) is 0 Å². The van der Waals surface area contributed by atoms with Gasteiger partial charge in [-0.15, -0.1) is 11.8 Å². The first-order valence-electron chi connectivity index (χ1n) is 6.42. The number of Topliss-reactive ketones (excluding diaryl/α,β-unsaturated/α-hetero) is 1. The van der Waals surface area contributed by atoms with Crippen LogP contribution in [-0.2, 0) is 10.5 Å². The van der Waals surface area contributed by atoms with E-state index in [0.29, 0.717) is 17.5 Å². The molecule has 0 saturated heterocycles. The van der Waals surface area contributed by atoms with Gasteiger partial charge in [0.15, 0.2) is 0 Å². The lowest BCUT2D eigenvalue weighted by Crippen LogP contribution is -2.13. The fraction of sp³-hybridized carbons (Fsp3) is 0.533. The Morgan fingerprint density at radius 1 is 1.35 bits per heavy atom. The van der Waals surface area contributed by atoms with Gasteiger partial charge in [-0.1, -0.05) is 42.7 Å². The van der Waals surface area contributed by atoms with E-state index < -0.39 is 0 Å². The molecule has 0 spiro atoms. The molecule has 1 fully saturated rings. The van der Waals surface area contributed by atoms with Crippen molar-refractivity contribution in [2.24, 2.45) is 5.92 Å². The number of hydrogen-bond acceptors (Lipinski definition) is 2. The Balaban J connectivity index is 1.73. The molecule has 0 N–H and O–H groups in total. The van der Waals surface area contributed by atoms with Gasteiger partial charge in [-0.3, -0.25) is 4.79 Å². The Bertz CT molecular complexity index is 380. The molecule has 0 aromatic heterocycles. The highest BCUT2D eigenvalue weighted by atomic mass is 32.2. The van der Waals surface area contributed by atoms with Crippen molar-refractivity contribution >= 4 is 17.5 Å². The summed E-state index contributed by atoms with van der Waals surface area (Å²) in [7, 11) is 0. The first-order chi connectivity index (χ1) is 8.25. The largest absolute Gasteiger partial charge is 0.298 e. The van der Waals surface area contributed by atoms with Crippen LogP contribution < -0.4 is 0 Å². The minimum atomic E-state index is 0.375. The molecule has 1 aromatic carbocycles. The number of carbonyl (C=O) groups is 1. The molecule has 1 aliphatic rings. The third-order valence-corrected chi connectivity index (χ3v) is 4.43. The maximum absolute atomic E-state index is 11.9. The summed E-state index contributed by atoms with van der Waals surface area (Å²) < 4.78 is 0. The van der Waals surface area contributed by atoms with Crippen LogP contribution in [0.3, 0.4) is 0 Å². The molecule has 1 aliphatic carbocycles. The van der Waals surface area contributed by atoms with Gasteiger partial charge in [0.2, 0.25) is 0 Å². The van der Waals surface area contributed by atoms with Gasteiger partial charge in [-0.05, 0) is 25.3 Å². The Kier molecular flexibility index (Phi) is 4.66. The normalized spacial score (nSPS) is 16.3. The quantitative estimate of drug-likeness (QED) is 0.784. The summed E-state index contributed by atoms with van der Waals surface area (Å²) in [5, 5.41) is 0. The van der Waals surface area contributed by atoms with Crippen molar-refractivity contribution in [1.82, 2.24) is 0 Å². The van der Waals surface area contributed by atoms with Crippen molar-refractivity contribution in [3.63, 3.8) is 0 Å². The standard InChI is InChI=1S/C15H20OS/c1-12-5-4-6-13(9-12)10-17-11-15(16)14-7-2-3-8-14/h4-6,9,14H,2-3,7-8,10-11H2,1H3. The lowest BCUT2D eigenvalue weighted by atomic mass is 10.0. The van der Waals surface area contributed by atoms with Crippen LogP contribution >= 0.6 is 11.8 Å². The Labute approximate surface area is 108 Å². The molecule has 0 heterocycles. The third-order valence-electron chi connectivity index (χ3n) is 3.41. The maximum atomic E-state index is 11.9. The van der Waals surface area contributed by atoms with E-state index in [4.69, 9.17) is 0 Å². The van der Waals surface area contributed by atoms with E-state index in [1.54, 1.807) is 11.8 Å². The van der Waals surface area contributed by atoms with Crippen molar-refractivity contribution in [1.29, 1.82) is 0 Å². The van der Waals surface area contributed by atoms with Gasteiger partial charge in [0.25, 0.3) is 0 Å². The number of aryl methyl sites for hydroxylation is 1. The second-order valence-corrected chi connectivity index (χ2v) is 5.92. The summed E-state index contributed by atoms with van der Waals surface area (Å²) in [6.07, 6.45) is 4.76. The second-order valence-electron chi connectivity index (χ2n) is 4.93. The fourth-order valence-electron chi connectivity index (χ4n) is 2.44. The number of ketones is 1. The van der Waals surface area contributed by atoms with Crippen molar-refractivity contribution in [2.75, 3.05) is 5.75 Å². The molecule has 0 aliphatic heterocycles. The van der Waals surface area contributed by atoms with Crippen LogP contribution in [0.5, 0.6) is 0 Å². The van der Waals surface area contributed by atoms with Gasteiger partial charge in [0, 0.05) is 11.7 Å².